The molecule has 0 saturated carbocycles. The molecule has 2 rings (SSSR count). The van der Waals surface area contributed by atoms with E-state index in [1.54, 1.807) is 6.26 Å². The second kappa shape index (κ2) is 3.27. The summed E-state index contributed by atoms with van der Waals surface area (Å²) in [5.74, 6) is 1.23. The summed E-state index contributed by atoms with van der Waals surface area (Å²) in [5, 5.41) is 3.16. The average Bonchev–Trinajstić information content (AvgIpc) is 2.74. The highest BCUT2D eigenvalue weighted by atomic mass is 19.1. The van der Waals surface area contributed by atoms with Gasteiger partial charge in [0, 0.05) is 24.9 Å². The molecule has 1 aromatic rings. The van der Waals surface area contributed by atoms with Crippen LogP contribution in [-0.4, -0.2) is 19.8 Å². The van der Waals surface area contributed by atoms with Crippen molar-refractivity contribution in [3.8, 4) is 0 Å². The van der Waals surface area contributed by atoms with E-state index in [0.29, 0.717) is 0 Å². The van der Waals surface area contributed by atoms with Crippen LogP contribution in [0, 0.1) is 5.92 Å². The summed E-state index contributed by atoms with van der Waals surface area (Å²) < 4.78 is 17.7. The maximum atomic E-state index is 12.5. The standard InChI is InChI=1S/C9H12FNO/c10-4-7-5-11-6-8(7)9-2-1-3-12-9/h1-3,7-8,11H,4-6H2. The van der Waals surface area contributed by atoms with Crippen LogP contribution in [0.2, 0.25) is 0 Å². The van der Waals surface area contributed by atoms with Crippen molar-refractivity contribution in [2.75, 3.05) is 19.8 Å². The van der Waals surface area contributed by atoms with Crippen molar-refractivity contribution in [3.63, 3.8) is 0 Å². The first-order chi connectivity index (χ1) is 5.92. The van der Waals surface area contributed by atoms with Gasteiger partial charge in [0.1, 0.15) is 5.76 Å². The number of halogens is 1. The average molecular weight is 169 g/mol. The molecule has 1 aliphatic heterocycles. The van der Waals surface area contributed by atoms with E-state index >= 15 is 0 Å². The molecule has 12 heavy (non-hydrogen) atoms. The molecule has 0 radical (unpaired) electrons. The molecule has 2 nitrogen and oxygen atoms in total. The summed E-state index contributed by atoms with van der Waals surface area (Å²) in [6.07, 6.45) is 1.64. The molecular weight excluding hydrogens is 157 g/mol. The fourth-order valence-electron chi connectivity index (χ4n) is 1.73. The molecule has 66 valence electrons. The minimum atomic E-state index is -0.266. The third kappa shape index (κ3) is 1.25. The van der Waals surface area contributed by atoms with Gasteiger partial charge < -0.3 is 9.73 Å². The normalized spacial score (nSPS) is 29.4. The van der Waals surface area contributed by atoms with Gasteiger partial charge in [0.2, 0.25) is 0 Å². The van der Waals surface area contributed by atoms with Crippen LogP contribution in [-0.2, 0) is 0 Å². The Labute approximate surface area is 70.8 Å². The predicted octanol–water partition coefficient (Wildman–Crippen LogP) is 1.55. The monoisotopic (exact) mass is 169 g/mol. The Balaban J connectivity index is 2.13. The maximum absolute atomic E-state index is 12.5. The Bertz CT molecular complexity index is 235. The molecule has 2 atom stereocenters. The first-order valence-corrected chi connectivity index (χ1v) is 4.22. The summed E-state index contributed by atoms with van der Waals surface area (Å²) in [5.41, 5.74) is 0. The number of alkyl halides is 1. The largest absolute Gasteiger partial charge is 0.469 e. The summed E-state index contributed by atoms with van der Waals surface area (Å²) in [6.45, 7) is 1.34. The maximum Gasteiger partial charge on any atom is 0.108 e. The Morgan fingerprint density at radius 3 is 3.17 bits per heavy atom. The lowest BCUT2D eigenvalue weighted by Crippen LogP contribution is -2.12. The van der Waals surface area contributed by atoms with E-state index in [0.717, 1.165) is 18.8 Å². The van der Waals surface area contributed by atoms with Gasteiger partial charge >= 0.3 is 0 Å². The lowest BCUT2D eigenvalue weighted by atomic mass is 9.95. The number of rotatable bonds is 2. The third-order valence-electron chi connectivity index (χ3n) is 2.45. The number of hydrogen-bond acceptors (Lipinski definition) is 2. The van der Waals surface area contributed by atoms with Crippen LogP contribution in [0.5, 0.6) is 0 Å². The highest BCUT2D eigenvalue weighted by Gasteiger charge is 2.29. The van der Waals surface area contributed by atoms with Gasteiger partial charge in [-0.15, -0.1) is 0 Å². The van der Waals surface area contributed by atoms with Crippen LogP contribution in [0.25, 0.3) is 0 Å². The minimum Gasteiger partial charge on any atom is -0.469 e. The number of nitrogens with one attached hydrogen (secondary N) is 1. The van der Waals surface area contributed by atoms with E-state index < -0.39 is 0 Å². The summed E-state index contributed by atoms with van der Waals surface area (Å²) in [6, 6.07) is 3.77. The fourth-order valence-corrected chi connectivity index (χ4v) is 1.73. The Morgan fingerprint density at radius 1 is 1.58 bits per heavy atom. The Hall–Kier alpha value is -0.830. The molecule has 1 aromatic heterocycles. The third-order valence-corrected chi connectivity index (χ3v) is 2.45. The topological polar surface area (TPSA) is 25.2 Å². The van der Waals surface area contributed by atoms with Gasteiger partial charge in [0.25, 0.3) is 0 Å². The molecule has 1 saturated heterocycles. The molecule has 1 fully saturated rings. The van der Waals surface area contributed by atoms with E-state index in [-0.39, 0.29) is 18.5 Å². The first-order valence-electron chi connectivity index (χ1n) is 4.22. The first kappa shape index (κ1) is 7.80. The lowest BCUT2D eigenvalue weighted by Gasteiger charge is -2.11. The van der Waals surface area contributed by atoms with Crippen molar-refractivity contribution < 1.29 is 8.81 Å². The van der Waals surface area contributed by atoms with Crippen molar-refractivity contribution in [1.29, 1.82) is 0 Å². The molecule has 0 spiro atoms. The summed E-state index contributed by atoms with van der Waals surface area (Å²) in [7, 11) is 0. The highest BCUT2D eigenvalue weighted by molar-refractivity contribution is 5.10. The molecule has 0 bridgehead atoms. The van der Waals surface area contributed by atoms with Gasteiger partial charge in [0.15, 0.2) is 0 Å². The Morgan fingerprint density at radius 2 is 2.50 bits per heavy atom. The molecule has 0 aliphatic carbocycles. The van der Waals surface area contributed by atoms with Crippen LogP contribution < -0.4 is 5.32 Å². The van der Waals surface area contributed by atoms with Gasteiger partial charge in [-0.05, 0) is 12.1 Å². The van der Waals surface area contributed by atoms with Crippen molar-refractivity contribution in [2.45, 2.75) is 5.92 Å². The second-order valence-electron chi connectivity index (χ2n) is 3.19. The molecule has 1 aliphatic rings. The summed E-state index contributed by atoms with van der Waals surface area (Å²) >= 11 is 0. The lowest BCUT2D eigenvalue weighted by molar-refractivity contribution is 0.331. The van der Waals surface area contributed by atoms with Gasteiger partial charge in [-0.3, -0.25) is 4.39 Å². The van der Waals surface area contributed by atoms with Crippen molar-refractivity contribution in [1.82, 2.24) is 5.32 Å². The van der Waals surface area contributed by atoms with Crippen LogP contribution in [0.1, 0.15) is 11.7 Å². The van der Waals surface area contributed by atoms with E-state index in [4.69, 9.17) is 4.42 Å². The molecule has 1 N–H and O–H groups in total. The van der Waals surface area contributed by atoms with Crippen molar-refractivity contribution in [2.24, 2.45) is 5.92 Å². The molecule has 2 heterocycles. The van der Waals surface area contributed by atoms with E-state index in [1.807, 2.05) is 12.1 Å². The summed E-state index contributed by atoms with van der Waals surface area (Å²) in [4.78, 5) is 0. The van der Waals surface area contributed by atoms with Gasteiger partial charge in [-0.2, -0.15) is 0 Å². The molecule has 3 heteroatoms. The molecule has 2 unspecified atom stereocenters. The van der Waals surface area contributed by atoms with Crippen LogP contribution in [0.15, 0.2) is 22.8 Å². The smallest absolute Gasteiger partial charge is 0.108 e. The van der Waals surface area contributed by atoms with E-state index in [1.165, 1.54) is 0 Å². The molecular formula is C9H12FNO. The SMILES string of the molecule is FCC1CNCC1c1ccco1. The predicted molar refractivity (Wildman–Crippen MR) is 43.8 cm³/mol. The number of hydrogen-bond donors (Lipinski definition) is 1. The fraction of sp³-hybridized carbons (Fsp3) is 0.556. The van der Waals surface area contributed by atoms with Crippen LogP contribution >= 0.6 is 0 Å². The van der Waals surface area contributed by atoms with Crippen LogP contribution in [0.3, 0.4) is 0 Å². The van der Waals surface area contributed by atoms with Crippen molar-refractivity contribution >= 4 is 0 Å². The van der Waals surface area contributed by atoms with E-state index in [2.05, 4.69) is 5.32 Å². The Kier molecular flexibility index (Phi) is 2.13. The molecule has 0 aromatic carbocycles. The number of furan rings is 1. The zero-order valence-electron chi connectivity index (χ0n) is 6.79. The van der Waals surface area contributed by atoms with Crippen molar-refractivity contribution in [3.05, 3.63) is 24.2 Å². The zero-order valence-corrected chi connectivity index (χ0v) is 6.79. The highest BCUT2D eigenvalue weighted by Crippen LogP contribution is 2.28. The second-order valence-corrected chi connectivity index (χ2v) is 3.19. The quantitative estimate of drug-likeness (QED) is 0.726. The zero-order chi connectivity index (χ0) is 8.39. The molecule has 0 amide bonds. The van der Waals surface area contributed by atoms with Gasteiger partial charge in [-0.1, -0.05) is 0 Å². The van der Waals surface area contributed by atoms with E-state index in [9.17, 15) is 4.39 Å². The van der Waals surface area contributed by atoms with Gasteiger partial charge in [-0.25, -0.2) is 0 Å². The van der Waals surface area contributed by atoms with Gasteiger partial charge in [0.05, 0.1) is 12.9 Å². The van der Waals surface area contributed by atoms with Crippen LogP contribution in [0.4, 0.5) is 4.39 Å². The minimum absolute atomic E-state index is 0.0937.